The number of rotatable bonds is 13. The van der Waals surface area contributed by atoms with Crippen molar-refractivity contribution in [3.8, 4) is 5.75 Å². The van der Waals surface area contributed by atoms with Gasteiger partial charge < -0.3 is 5.11 Å². The van der Waals surface area contributed by atoms with Crippen molar-refractivity contribution in [2.45, 2.75) is 77.6 Å². The Kier molecular flexibility index (Phi) is 9.49. The monoisotopic (exact) mass is 417 g/mol. The first kappa shape index (κ1) is 22.9. The molecule has 0 amide bonds. The summed E-state index contributed by atoms with van der Waals surface area (Å²) in [6, 6.07) is 15.5. The fourth-order valence-electron chi connectivity index (χ4n) is 3.89. The van der Waals surface area contributed by atoms with E-state index in [9.17, 15) is 5.11 Å². The van der Waals surface area contributed by atoms with Gasteiger partial charge in [0, 0.05) is 11.6 Å². The van der Waals surface area contributed by atoms with E-state index in [0.717, 1.165) is 17.5 Å². The highest BCUT2D eigenvalue weighted by molar-refractivity contribution is 5.93. The number of phenolic OH excluding ortho intramolecular Hbond substituents is 1. The maximum Gasteiger partial charge on any atom is 0.141 e. The lowest BCUT2D eigenvalue weighted by Gasteiger charge is -2.04. The summed E-state index contributed by atoms with van der Waals surface area (Å²) in [4.78, 5) is 4.22. The lowest BCUT2D eigenvalue weighted by atomic mass is 10.0. The Labute approximate surface area is 186 Å². The Morgan fingerprint density at radius 2 is 1.42 bits per heavy atom. The predicted octanol–water partition coefficient (Wildman–Crippen LogP) is 8.82. The Morgan fingerprint density at radius 3 is 2.13 bits per heavy atom. The van der Waals surface area contributed by atoms with Crippen molar-refractivity contribution < 1.29 is 5.11 Å². The molecule has 3 rings (SSSR count). The molecule has 0 aliphatic heterocycles. The number of phenols is 1. The molecule has 1 N–H and O–H groups in total. The molecular formula is C27H35N3O. The van der Waals surface area contributed by atoms with Crippen molar-refractivity contribution in [3.05, 3.63) is 60.3 Å². The second-order valence-corrected chi connectivity index (χ2v) is 8.30. The highest BCUT2D eigenvalue weighted by atomic mass is 16.3. The third-order valence-corrected chi connectivity index (χ3v) is 5.75. The van der Waals surface area contributed by atoms with E-state index in [1.807, 2.05) is 24.3 Å². The Hall–Kier alpha value is -2.75. The normalized spacial score (nSPS) is 11.5. The molecule has 0 atom stereocenters. The number of azo groups is 1. The van der Waals surface area contributed by atoms with Gasteiger partial charge in [0.05, 0.1) is 11.4 Å². The number of fused-ring (bicyclic) bond motifs is 1. The molecule has 0 saturated heterocycles. The van der Waals surface area contributed by atoms with Crippen LogP contribution in [-0.2, 0) is 6.42 Å². The van der Waals surface area contributed by atoms with Crippen LogP contribution in [0, 0.1) is 0 Å². The standard InChI is InChI=1S/C27H35N3O/c1-2-3-4-5-6-7-8-9-10-11-13-22-15-17-23(18-16-22)29-30-25-19-20-26(31)27-24(25)14-12-21-28-27/h12,14-21,31H,2-11,13H2,1H3. The van der Waals surface area contributed by atoms with E-state index in [-0.39, 0.29) is 5.75 Å². The summed E-state index contributed by atoms with van der Waals surface area (Å²) in [6.07, 6.45) is 16.5. The number of unbranched alkanes of at least 4 members (excludes halogenated alkanes) is 9. The highest BCUT2D eigenvalue weighted by Gasteiger charge is 2.05. The maximum absolute atomic E-state index is 9.95. The molecule has 0 spiro atoms. The van der Waals surface area contributed by atoms with Gasteiger partial charge in [-0.25, -0.2) is 0 Å². The molecule has 164 valence electrons. The molecule has 0 aliphatic rings. The van der Waals surface area contributed by atoms with Gasteiger partial charge in [-0.15, -0.1) is 5.11 Å². The number of aromatic hydroxyl groups is 1. The molecule has 1 aromatic heterocycles. The summed E-state index contributed by atoms with van der Waals surface area (Å²) < 4.78 is 0. The van der Waals surface area contributed by atoms with Gasteiger partial charge in [-0.05, 0) is 54.8 Å². The topological polar surface area (TPSA) is 57.8 Å². The molecule has 0 radical (unpaired) electrons. The van der Waals surface area contributed by atoms with E-state index in [2.05, 4.69) is 34.3 Å². The average Bonchev–Trinajstić information content (AvgIpc) is 2.81. The highest BCUT2D eigenvalue weighted by Crippen LogP contribution is 2.32. The van der Waals surface area contributed by atoms with Crippen molar-refractivity contribution in [1.29, 1.82) is 0 Å². The van der Waals surface area contributed by atoms with Crippen LogP contribution in [-0.4, -0.2) is 10.1 Å². The van der Waals surface area contributed by atoms with Gasteiger partial charge in [0.25, 0.3) is 0 Å². The van der Waals surface area contributed by atoms with Gasteiger partial charge in [0.2, 0.25) is 0 Å². The number of pyridine rings is 1. The molecule has 0 fully saturated rings. The molecule has 1 heterocycles. The quantitative estimate of drug-likeness (QED) is 0.223. The van der Waals surface area contributed by atoms with Crippen LogP contribution in [0.1, 0.15) is 76.7 Å². The molecule has 0 bridgehead atoms. The van der Waals surface area contributed by atoms with E-state index in [0.29, 0.717) is 11.2 Å². The third-order valence-electron chi connectivity index (χ3n) is 5.75. The van der Waals surface area contributed by atoms with E-state index in [1.165, 1.54) is 69.8 Å². The predicted molar refractivity (Wildman–Crippen MR) is 130 cm³/mol. The van der Waals surface area contributed by atoms with Crippen LogP contribution in [0.2, 0.25) is 0 Å². The van der Waals surface area contributed by atoms with Crippen LogP contribution in [0.5, 0.6) is 5.75 Å². The first-order valence-corrected chi connectivity index (χ1v) is 11.9. The van der Waals surface area contributed by atoms with Gasteiger partial charge in [-0.1, -0.05) is 76.8 Å². The van der Waals surface area contributed by atoms with Gasteiger partial charge in [-0.3, -0.25) is 4.98 Å². The van der Waals surface area contributed by atoms with Crippen LogP contribution in [0.3, 0.4) is 0 Å². The Balaban J connectivity index is 1.40. The molecule has 2 aromatic carbocycles. The molecule has 0 aliphatic carbocycles. The zero-order valence-corrected chi connectivity index (χ0v) is 18.8. The van der Waals surface area contributed by atoms with E-state index in [4.69, 9.17) is 0 Å². The number of hydrogen-bond acceptors (Lipinski definition) is 4. The summed E-state index contributed by atoms with van der Waals surface area (Å²) in [5, 5.41) is 19.5. The van der Waals surface area contributed by atoms with Gasteiger partial charge >= 0.3 is 0 Å². The molecule has 3 aromatic rings. The second kappa shape index (κ2) is 12.8. The Morgan fingerprint density at radius 1 is 0.742 bits per heavy atom. The first-order valence-electron chi connectivity index (χ1n) is 11.9. The van der Waals surface area contributed by atoms with Crippen LogP contribution in [0.4, 0.5) is 11.4 Å². The van der Waals surface area contributed by atoms with E-state index in [1.54, 1.807) is 18.3 Å². The lowest BCUT2D eigenvalue weighted by Crippen LogP contribution is -1.86. The van der Waals surface area contributed by atoms with E-state index < -0.39 is 0 Å². The summed E-state index contributed by atoms with van der Waals surface area (Å²) >= 11 is 0. The van der Waals surface area contributed by atoms with Crippen LogP contribution in [0.15, 0.2) is 65.0 Å². The van der Waals surface area contributed by atoms with Crippen molar-refractivity contribution in [2.24, 2.45) is 10.2 Å². The SMILES string of the molecule is CCCCCCCCCCCCc1ccc(N=Nc2ccc(O)c3ncccc23)cc1. The minimum atomic E-state index is 0.158. The number of aromatic nitrogens is 1. The van der Waals surface area contributed by atoms with Gasteiger partial charge in [0.15, 0.2) is 0 Å². The maximum atomic E-state index is 9.95. The largest absolute Gasteiger partial charge is 0.506 e. The minimum absolute atomic E-state index is 0.158. The van der Waals surface area contributed by atoms with Gasteiger partial charge in [-0.2, -0.15) is 5.11 Å². The van der Waals surface area contributed by atoms with Crippen LogP contribution < -0.4 is 0 Å². The molecule has 4 heteroatoms. The van der Waals surface area contributed by atoms with Crippen molar-refractivity contribution in [2.75, 3.05) is 0 Å². The van der Waals surface area contributed by atoms with Crippen LogP contribution >= 0.6 is 0 Å². The fraction of sp³-hybridized carbons (Fsp3) is 0.444. The smallest absolute Gasteiger partial charge is 0.141 e. The lowest BCUT2D eigenvalue weighted by molar-refractivity contribution is 0.480. The molecular weight excluding hydrogens is 382 g/mol. The number of aryl methyl sites for hydroxylation is 1. The van der Waals surface area contributed by atoms with Crippen LogP contribution in [0.25, 0.3) is 10.9 Å². The third kappa shape index (κ3) is 7.46. The van der Waals surface area contributed by atoms with Crippen molar-refractivity contribution >= 4 is 22.3 Å². The number of nitrogens with zero attached hydrogens (tertiary/aromatic N) is 3. The Bertz CT molecular complexity index is 950. The number of hydrogen-bond donors (Lipinski definition) is 1. The summed E-state index contributed by atoms with van der Waals surface area (Å²) in [7, 11) is 0. The zero-order valence-electron chi connectivity index (χ0n) is 18.8. The minimum Gasteiger partial charge on any atom is -0.506 e. The first-order chi connectivity index (χ1) is 15.3. The van der Waals surface area contributed by atoms with E-state index >= 15 is 0 Å². The molecule has 0 unspecified atom stereocenters. The molecule has 4 nitrogen and oxygen atoms in total. The van der Waals surface area contributed by atoms with Crippen molar-refractivity contribution in [1.82, 2.24) is 4.98 Å². The summed E-state index contributed by atoms with van der Waals surface area (Å²) in [5.74, 6) is 0.158. The van der Waals surface area contributed by atoms with Gasteiger partial charge in [0.1, 0.15) is 11.3 Å². The zero-order chi connectivity index (χ0) is 21.7. The summed E-state index contributed by atoms with van der Waals surface area (Å²) in [6.45, 7) is 2.27. The fourth-order valence-corrected chi connectivity index (χ4v) is 3.89. The molecule has 0 saturated carbocycles. The second-order valence-electron chi connectivity index (χ2n) is 8.30. The number of benzene rings is 2. The van der Waals surface area contributed by atoms with Crippen molar-refractivity contribution in [3.63, 3.8) is 0 Å². The average molecular weight is 418 g/mol. The molecule has 31 heavy (non-hydrogen) atoms. The summed E-state index contributed by atoms with van der Waals surface area (Å²) in [5.41, 5.74) is 3.44.